The minimum absolute atomic E-state index is 0.0594. The first-order valence-corrected chi connectivity index (χ1v) is 6.15. The Balaban J connectivity index is 2.73. The van der Waals surface area contributed by atoms with E-state index in [-0.39, 0.29) is 5.56 Å². The lowest BCUT2D eigenvalue weighted by Gasteiger charge is -2.15. The third-order valence-electron chi connectivity index (χ3n) is 3.32. The van der Waals surface area contributed by atoms with E-state index in [1.807, 2.05) is 32.0 Å². The van der Waals surface area contributed by atoms with E-state index in [1.54, 1.807) is 25.6 Å². The summed E-state index contributed by atoms with van der Waals surface area (Å²) < 4.78 is 6.86. The molecule has 0 amide bonds. The van der Waals surface area contributed by atoms with Gasteiger partial charge in [0.05, 0.1) is 18.5 Å². The molecular weight excluding hydrogens is 240 g/mol. The molecule has 0 unspecified atom stereocenters. The van der Waals surface area contributed by atoms with Crippen LogP contribution in [0.3, 0.4) is 0 Å². The molecule has 0 radical (unpaired) electrons. The second kappa shape index (κ2) is 4.88. The minimum atomic E-state index is -0.0594. The van der Waals surface area contributed by atoms with Crippen LogP contribution in [0.1, 0.15) is 17.0 Å². The lowest BCUT2D eigenvalue weighted by Crippen LogP contribution is -2.23. The van der Waals surface area contributed by atoms with E-state index in [9.17, 15) is 4.79 Å². The topological polar surface area (TPSA) is 44.1 Å². The molecule has 0 N–H and O–H groups in total. The van der Waals surface area contributed by atoms with Crippen LogP contribution >= 0.6 is 0 Å². The Morgan fingerprint density at radius 1 is 1.16 bits per heavy atom. The molecule has 0 spiro atoms. The molecule has 0 aliphatic rings. The van der Waals surface area contributed by atoms with Crippen molar-refractivity contribution in [1.29, 1.82) is 0 Å². The summed E-state index contributed by atoms with van der Waals surface area (Å²) in [6, 6.07) is 5.82. The second-order valence-corrected chi connectivity index (χ2v) is 4.68. The van der Waals surface area contributed by atoms with Gasteiger partial charge in [0.15, 0.2) is 0 Å². The van der Waals surface area contributed by atoms with Crippen molar-refractivity contribution in [2.45, 2.75) is 20.8 Å². The summed E-state index contributed by atoms with van der Waals surface area (Å²) in [5.74, 6) is 0.809. The number of aromatic nitrogens is 2. The third kappa shape index (κ3) is 2.26. The molecule has 19 heavy (non-hydrogen) atoms. The molecule has 0 bridgehead atoms. The van der Waals surface area contributed by atoms with Gasteiger partial charge in [-0.1, -0.05) is 0 Å². The first-order chi connectivity index (χ1) is 8.95. The fourth-order valence-corrected chi connectivity index (χ4v) is 2.34. The number of ether oxygens (including phenoxy) is 1. The average molecular weight is 258 g/mol. The highest BCUT2D eigenvalue weighted by molar-refractivity contribution is 5.67. The van der Waals surface area contributed by atoms with Gasteiger partial charge in [-0.05, 0) is 44.5 Å². The lowest BCUT2D eigenvalue weighted by atomic mass is 10.0. The standard InChI is InChI=1S/C15H18N2O2/c1-9-8-12(19-5)6-7-13(9)14-10(2)16-11(3)15(18)17(14)4/h6-8H,1-5H3. The van der Waals surface area contributed by atoms with Crippen LogP contribution in [0, 0.1) is 20.8 Å². The van der Waals surface area contributed by atoms with Gasteiger partial charge in [-0.2, -0.15) is 0 Å². The normalized spacial score (nSPS) is 10.6. The maximum atomic E-state index is 12.0. The van der Waals surface area contributed by atoms with Crippen molar-refractivity contribution in [3.05, 3.63) is 45.5 Å². The van der Waals surface area contributed by atoms with Crippen LogP contribution in [0.15, 0.2) is 23.0 Å². The first kappa shape index (κ1) is 13.3. The van der Waals surface area contributed by atoms with Crippen LogP contribution in [0.4, 0.5) is 0 Å². The molecule has 100 valence electrons. The van der Waals surface area contributed by atoms with Crippen molar-refractivity contribution < 1.29 is 4.74 Å². The number of methoxy groups -OCH3 is 1. The van der Waals surface area contributed by atoms with Gasteiger partial charge < -0.3 is 9.30 Å². The quantitative estimate of drug-likeness (QED) is 0.830. The molecule has 0 aliphatic heterocycles. The van der Waals surface area contributed by atoms with Crippen LogP contribution in [0.5, 0.6) is 5.75 Å². The number of hydrogen-bond acceptors (Lipinski definition) is 3. The van der Waals surface area contributed by atoms with E-state index >= 15 is 0 Å². The van der Waals surface area contributed by atoms with Gasteiger partial charge in [0.2, 0.25) is 0 Å². The van der Waals surface area contributed by atoms with Gasteiger partial charge in [-0.15, -0.1) is 0 Å². The van der Waals surface area contributed by atoms with Crippen molar-refractivity contribution in [3.8, 4) is 17.0 Å². The highest BCUT2D eigenvalue weighted by Crippen LogP contribution is 2.27. The minimum Gasteiger partial charge on any atom is -0.497 e. The summed E-state index contributed by atoms with van der Waals surface area (Å²) in [6.07, 6.45) is 0. The summed E-state index contributed by atoms with van der Waals surface area (Å²) >= 11 is 0. The van der Waals surface area contributed by atoms with E-state index in [0.717, 1.165) is 28.3 Å². The zero-order valence-electron chi connectivity index (χ0n) is 11.9. The van der Waals surface area contributed by atoms with Crippen LogP contribution < -0.4 is 10.3 Å². The number of rotatable bonds is 2. The Hall–Kier alpha value is -2.10. The highest BCUT2D eigenvalue weighted by Gasteiger charge is 2.13. The summed E-state index contributed by atoms with van der Waals surface area (Å²) in [4.78, 5) is 16.4. The number of nitrogens with zero attached hydrogens (tertiary/aromatic N) is 2. The van der Waals surface area contributed by atoms with Crippen LogP contribution in [0.25, 0.3) is 11.3 Å². The highest BCUT2D eigenvalue weighted by atomic mass is 16.5. The van der Waals surface area contributed by atoms with Crippen molar-refractivity contribution in [2.75, 3.05) is 7.11 Å². The Labute approximate surface area is 112 Å². The Bertz CT molecular complexity index is 687. The maximum Gasteiger partial charge on any atom is 0.272 e. The molecule has 0 saturated carbocycles. The smallest absolute Gasteiger partial charge is 0.272 e. The van der Waals surface area contributed by atoms with Gasteiger partial charge in [-0.3, -0.25) is 9.78 Å². The van der Waals surface area contributed by atoms with E-state index in [2.05, 4.69) is 4.98 Å². The monoisotopic (exact) mass is 258 g/mol. The zero-order chi connectivity index (χ0) is 14.2. The fourth-order valence-electron chi connectivity index (χ4n) is 2.34. The van der Waals surface area contributed by atoms with Crippen molar-refractivity contribution in [3.63, 3.8) is 0 Å². The molecule has 2 rings (SSSR count). The van der Waals surface area contributed by atoms with Gasteiger partial charge in [0.25, 0.3) is 5.56 Å². The average Bonchev–Trinajstić information content (AvgIpc) is 2.38. The van der Waals surface area contributed by atoms with Crippen LogP contribution in [-0.4, -0.2) is 16.7 Å². The fraction of sp³-hybridized carbons (Fsp3) is 0.333. The van der Waals surface area contributed by atoms with E-state index in [1.165, 1.54) is 0 Å². The first-order valence-electron chi connectivity index (χ1n) is 6.15. The molecule has 1 aromatic carbocycles. The number of aryl methyl sites for hydroxylation is 3. The molecule has 4 heteroatoms. The van der Waals surface area contributed by atoms with Crippen LogP contribution in [-0.2, 0) is 7.05 Å². The van der Waals surface area contributed by atoms with Gasteiger partial charge in [0.1, 0.15) is 11.4 Å². The molecular formula is C15H18N2O2. The van der Waals surface area contributed by atoms with Gasteiger partial charge >= 0.3 is 0 Å². The maximum absolute atomic E-state index is 12.0. The van der Waals surface area contributed by atoms with E-state index in [0.29, 0.717) is 5.69 Å². The Kier molecular flexibility index (Phi) is 3.42. The van der Waals surface area contributed by atoms with E-state index < -0.39 is 0 Å². The molecule has 1 heterocycles. The largest absolute Gasteiger partial charge is 0.497 e. The van der Waals surface area contributed by atoms with Gasteiger partial charge in [-0.25, -0.2) is 0 Å². The van der Waals surface area contributed by atoms with Crippen molar-refractivity contribution in [2.24, 2.45) is 7.05 Å². The summed E-state index contributed by atoms with van der Waals surface area (Å²) in [7, 11) is 3.42. The molecule has 0 aliphatic carbocycles. The third-order valence-corrected chi connectivity index (χ3v) is 3.32. The van der Waals surface area contributed by atoms with Crippen molar-refractivity contribution in [1.82, 2.24) is 9.55 Å². The molecule has 0 fully saturated rings. The molecule has 0 saturated heterocycles. The second-order valence-electron chi connectivity index (χ2n) is 4.68. The lowest BCUT2D eigenvalue weighted by molar-refractivity contribution is 0.414. The van der Waals surface area contributed by atoms with Gasteiger partial charge in [0, 0.05) is 12.6 Å². The molecule has 1 aromatic heterocycles. The van der Waals surface area contributed by atoms with E-state index in [4.69, 9.17) is 4.74 Å². The summed E-state index contributed by atoms with van der Waals surface area (Å²) in [6.45, 7) is 5.66. The number of hydrogen-bond donors (Lipinski definition) is 0. The Morgan fingerprint density at radius 2 is 1.84 bits per heavy atom. The predicted molar refractivity (Wildman–Crippen MR) is 75.7 cm³/mol. The molecule has 2 aromatic rings. The Morgan fingerprint density at radius 3 is 2.42 bits per heavy atom. The summed E-state index contributed by atoms with van der Waals surface area (Å²) in [5.41, 5.74) is 4.24. The summed E-state index contributed by atoms with van der Waals surface area (Å²) in [5, 5.41) is 0. The molecule has 0 atom stereocenters. The SMILES string of the molecule is COc1ccc(-c2c(C)nc(C)c(=O)n2C)c(C)c1. The molecule has 4 nitrogen and oxygen atoms in total. The van der Waals surface area contributed by atoms with Crippen molar-refractivity contribution >= 4 is 0 Å². The van der Waals surface area contributed by atoms with Crippen LogP contribution in [0.2, 0.25) is 0 Å². The predicted octanol–water partition coefficient (Wildman–Crippen LogP) is 2.38. The zero-order valence-corrected chi connectivity index (χ0v) is 11.9. The number of benzene rings is 1.